The predicted octanol–water partition coefficient (Wildman–Crippen LogP) is 1.88. The Hall–Kier alpha value is -0.480. The van der Waals surface area contributed by atoms with Crippen molar-refractivity contribution in [2.45, 2.75) is 38.1 Å². The summed E-state index contributed by atoms with van der Waals surface area (Å²) < 4.78 is 2.08. The van der Waals surface area contributed by atoms with Gasteiger partial charge >= 0.3 is 0 Å². The molecule has 1 aromatic rings. The normalized spacial score (nSPS) is 17.5. The molecule has 0 N–H and O–H groups in total. The van der Waals surface area contributed by atoms with Crippen LogP contribution in [0.3, 0.4) is 0 Å². The minimum atomic E-state index is 0.993. The van der Waals surface area contributed by atoms with E-state index in [2.05, 4.69) is 34.2 Å². The summed E-state index contributed by atoms with van der Waals surface area (Å²) in [5.41, 5.74) is 2.23. The fourth-order valence-corrected chi connectivity index (χ4v) is 2.31. The van der Waals surface area contributed by atoms with Crippen LogP contribution in [-0.2, 0) is 6.54 Å². The molecule has 1 saturated heterocycles. The van der Waals surface area contributed by atoms with Crippen molar-refractivity contribution in [3.05, 3.63) is 11.4 Å². The monoisotopic (exact) mass is 225 g/mol. The van der Waals surface area contributed by atoms with Gasteiger partial charge in [0.15, 0.2) is 0 Å². The van der Waals surface area contributed by atoms with Gasteiger partial charge in [-0.1, -0.05) is 0 Å². The molecule has 84 valence electrons. The fourth-order valence-electron chi connectivity index (χ4n) is 2.15. The van der Waals surface area contributed by atoms with Crippen LogP contribution in [0.5, 0.6) is 0 Å². The van der Waals surface area contributed by atoms with Crippen molar-refractivity contribution in [1.29, 1.82) is 0 Å². The summed E-state index contributed by atoms with van der Waals surface area (Å²) >= 11 is 4.44. The van der Waals surface area contributed by atoms with Gasteiger partial charge < -0.3 is 4.90 Å². The molecule has 1 aliphatic rings. The molecule has 0 unspecified atom stereocenters. The molecule has 0 amide bonds. The van der Waals surface area contributed by atoms with Crippen LogP contribution in [0, 0.1) is 13.8 Å². The van der Waals surface area contributed by atoms with Crippen LogP contribution in [0.25, 0.3) is 0 Å². The van der Waals surface area contributed by atoms with Crippen LogP contribution >= 0.6 is 12.6 Å². The molecule has 1 aliphatic heterocycles. The van der Waals surface area contributed by atoms with E-state index in [0.717, 1.165) is 23.7 Å². The molecule has 4 heteroatoms. The van der Waals surface area contributed by atoms with Crippen LogP contribution in [0.4, 0.5) is 0 Å². The standard InChI is InChI=1S/C11H19N3S/c1-9-11(15)10(2)14(12-9)8-7-13-5-3-4-6-13/h15H,3-8H2,1-2H3. The lowest BCUT2D eigenvalue weighted by atomic mass is 10.4. The zero-order chi connectivity index (χ0) is 10.8. The summed E-state index contributed by atoms with van der Waals surface area (Å²) in [6.45, 7) is 8.73. The van der Waals surface area contributed by atoms with E-state index in [9.17, 15) is 0 Å². The van der Waals surface area contributed by atoms with Gasteiger partial charge in [-0.05, 0) is 39.8 Å². The molecule has 0 bridgehead atoms. The van der Waals surface area contributed by atoms with Crippen molar-refractivity contribution < 1.29 is 0 Å². The molecule has 1 fully saturated rings. The second kappa shape index (κ2) is 4.58. The molecule has 2 heterocycles. The van der Waals surface area contributed by atoms with E-state index in [1.807, 2.05) is 6.92 Å². The number of nitrogens with zero attached hydrogens (tertiary/aromatic N) is 3. The molecule has 0 aromatic carbocycles. The van der Waals surface area contributed by atoms with E-state index < -0.39 is 0 Å². The van der Waals surface area contributed by atoms with Crippen LogP contribution in [-0.4, -0.2) is 34.3 Å². The summed E-state index contributed by atoms with van der Waals surface area (Å²) in [6, 6.07) is 0. The maximum Gasteiger partial charge on any atom is 0.0729 e. The van der Waals surface area contributed by atoms with Crippen LogP contribution in [0.2, 0.25) is 0 Å². The van der Waals surface area contributed by atoms with Crippen molar-refractivity contribution >= 4 is 12.6 Å². The summed E-state index contributed by atoms with van der Waals surface area (Å²) in [4.78, 5) is 3.55. The maximum absolute atomic E-state index is 4.48. The largest absolute Gasteiger partial charge is 0.301 e. The van der Waals surface area contributed by atoms with Gasteiger partial charge in [-0.25, -0.2) is 0 Å². The van der Waals surface area contributed by atoms with Gasteiger partial charge in [0.25, 0.3) is 0 Å². The predicted molar refractivity (Wildman–Crippen MR) is 64.6 cm³/mol. The molecule has 0 atom stereocenters. The minimum absolute atomic E-state index is 0.993. The first kappa shape index (κ1) is 11.0. The average molecular weight is 225 g/mol. The summed E-state index contributed by atoms with van der Waals surface area (Å²) in [6.07, 6.45) is 2.71. The van der Waals surface area contributed by atoms with E-state index in [1.54, 1.807) is 0 Å². The maximum atomic E-state index is 4.48. The van der Waals surface area contributed by atoms with E-state index in [-0.39, 0.29) is 0 Å². The number of aromatic nitrogens is 2. The van der Waals surface area contributed by atoms with Crippen molar-refractivity contribution in [2.24, 2.45) is 0 Å². The topological polar surface area (TPSA) is 21.1 Å². The Balaban J connectivity index is 1.95. The number of likely N-dealkylation sites (tertiary alicyclic amines) is 1. The third-order valence-electron chi connectivity index (χ3n) is 3.17. The highest BCUT2D eigenvalue weighted by Gasteiger charge is 2.13. The number of thiol groups is 1. The molecule has 3 nitrogen and oxygen atoms in total. The molecule has 0 aliphatic carbocycles. The Morgan fingerprint density at radius 2 is 1.87 bits per heavy atom. The minimum Gasteiger partial charge on any atom is -0.301 e. The van der Waals surface area contributed by atoms with Gasteiger partial charge in [0.2, 0.25) is 0 Å². The lowest BCUT2D eigenvalue weighted by molar-refractivity contribution is 0.314. The van der Waals surface area contributed by atoms with Gasteiger partial charge in [-0.3, -0.25) is 4.68 Å². The zero-order valence-corrected chi connectivity index (χ0v) is 10.4. The number of hydrogen-bond donors (Lipinski definition) is 1. The second-order valence-corrected chi connectivity index (χ2v) is 4.74. The quantitative estimate of drug-likeness (QED) is 0.793. The first-order valence-corrected chi connectivity index (χ1v) is 6.08. The van der Waals surface area contributed by atoms with Gasteiger partial charge in [0, 0.05) is 17.1 Å². The highest BCUT2D eigenvalue weighted by atomic mass is 32.1. The summed E-state index contributed by atoms with van der Waals surface area (Å²) in [5.74, 6) is 0. The van der Waals surface area contributed by atoms with Crippen molar-refractivity contribution in [3.8, 4) is 0 Å². The number of hydrogen-bond acceptors (Lipinski definition) is 3. The summed E-state index contributed by atoms with van der Waals surface area (Å²) in [7, 11) is 0. The molecule has 0 radical (unpaired) electrons. The first-order valence-electron chi connectivity index (χ1n) is 5.64. The third kappa shape index (κ3) is 2.37. The number of rotatable bonds is 3. The van der Waals surface area contributed by atoms with Crippen LogP contribution in [0.15, 0.2) is 4.90 Å². The van der Waals surface area contributed by atoms with E-state index in [4.69, 9.17) is 0 Å². The smallest absolute Gasteiger partial charge is 0.0729 e. The van der Waals surface area contributed by atoms with Crippen LogP contribution in [0.1, 0.15) is 24.2 Å². The molecule has 0 spiro atoms. The van der Waals surface area contributed by atoms with E-state index in [1.165, 1.54) is 31.6 Å². The Morgan fingerprint density at radius 3 is 2.40 bits per heavy atom. The first-order chi connectivity index (χ1) is 7.18. The fraction of sp³-hybridized carbons (Fsp3) is 0.727. The Kier molecular flexibility index (Phi) is 3.36. The Labute approximate surface area is 96.9 Å². The van der Waals surface area contributed by atoms with Gasteiger partial charge in [0.05, 0.1) is 12.2 Å². The van der Waals surface area contributed by atoms with Crippen molar-refractivity contribution in [2.75, 3.05) is 19.6 Å². The third-order valence-corrected chi connectivity index (χ3v) is 3.82. The average Bonchev–Trinajstić information content (AvgIpc) is 2.80. The highest BCUT2D eigenvalue weighted by Crippen LogP contribution is 2.17. The molecule has 2 rings (SSSR count). The highest BCUT2D eigenvalue weighted by molar-refractivity contribution is 7.80. The van der Waals surface area contributed by atoms with E-state index >= 15 is 0 Å². The summed E-state index contributed by atoms with van der Waals surface area (Å²) in [5, 5.41) is 4.48. The molecule has 0 saturated carbocycles. The lowest BCUT2D eigenvalue weighted by Gasteiger charge is -2.14. The molecular formula is C11H19N3S. The Bertz CT molecular complexity index is 340. The van der Waals surface area contributed by atoms with Gasteiger partial charge in [0.1, 0.15) is 0 Å². The lowest BCUT2D eigenvalue weighted by Crippen LogP contribution is -2.24. The van der Waals surface area contributed by atoms with Crippen LogP contribution < -0.4 is 0 Å². The molecule has 15 heavy (non-hydrogen) atoms. The molecular weight excluding hydrogens is 206 g/mol. The molecule has 1 aromatic heterocycles. The van der Waals surface area contributed by atoms with Gasteiger partial charge in [-0.2, -0.15) is 5.10 Å². The van der Waals surface area contributed by atoms with Crippen molar-refractivity contribution in [3.63, 3.8) is 0 Å². The Morgan fingerprint density at radius 1 is 1.20 bits per heavy atom. The van der Waals surface area contributed by atoms with Crippen molar-refractivity contribution in [1.82, 2.24) is 14.7 Å². The number of aryl methyl sites for hydroxylation is 1. The second-order valence-electron chi connectivity index (χ2n) is 4.29. The van der Waals surface area contributed by atoms with E-state index in [0.29, 0.717) is 0 Å². The SMILES string of the molecule is Cc1nn(CCN2CCCC2)c(C)c1S. The zero-order valence-electron chi connectivity index (χ0n) is 9.53. The van der Waals surface area contributed by atoms with Gasteiger partial charge in [-0.15, -0.1) is 12.6 Å².